The first-order chi connectivity index (χ1) is 9.10. The Bertz CT molecular complexity index is 483. The minimum absolute atomic E-state index is 0.134. The highest BCUT2D eigenvalue weighted by atomic mass is 32.2. The zero-order valence-electron chi connectivity index (χ0n) is 11.2. The molecule has 0 saturated carbocycles. The molecule has 1 aromatic rings. The molecule has 0 radical (unpaired) electrons. The molecule has 0 spiro atoms. The van der Waals surface area contributed by atoms with Crippen molar-refractivity contribution in [3.05, 3.63) is 29.8 Å². The average Bonchev–Trinajstić information content (AvgIpc) is 2.44. The monoisotopic (exact) mass is 279 g/mol. The lowest BCUT2D eigenvalue weighted by Gasteiger charge is -2.08. The number of thioether (sulfide) groups is 1. The number of hydrogen-bond acceptors (Lipinski definition) is 5. The summed E-state index contributed by atoms with van der Waals surface area (Å²) in [4.78, 5) is 15.8. The zero-order chi connectivity index (χ0) is 14.3. The summed E-state index contributed by atoms with van der Waals surface area (Å²) in [5, 5.41) is 10.0. The molecule has 0 aromatic heterocycles. The number of amides is 1. The van der Waals surface area contributed by atoms with Crippen LogP contribution in [-0.2, 0) is 4.79 Å². The summed E-state index contributed by atoms with van der Waals surface area (Å²) in [5.41, 5.74) is 1.54. The Hall–Kier alpha value is -1.82. The summed E-state index contributed by atoms with van der Waals surface area (Å²) < 4.78 is 5.08. The lowest BCUT2D eigenvalue weighted by molar-refractivity contribution is -0.118. The van der Waals surface area contributed by atoms with Gasteiger partial charge in [0.05, 0.1) is 19.2 Å². The van der Waals surface area contributed by atoms with E-state index in [1.54, 1.807) is 20.4 Å². The van der Waals surface area contributed by atoms with E-state index in [-0.39, 0.29) is 17.5 Å². The Balaban J connectivity index is 2.73. The Morgan fingerprint density at radius 2 is 2.05 bits per heavy atom. The number of hydrogen-bond donors (Lipinski definition) is 2. The van der Waals surface area contributed by atoms with Crippen molar-refractivity contribution in [1.82, 2.24) is 5.32 Å². The van der Waals surface area contributed by atoms with Gasteiger partial charge in [0, 0.05) is 7.05 Å². The largest absolute Gasteiger partial charge is 0.497 e. The van der Waals surface area contributed by atoms with Gasteiger partial charge in [0.25, 0.3) is 0 Å². The molecule has 1 rings (SSSR count). The second kappa shape index (κ2) is 7.58. The molecule has 0 heterocycles. The number of amidine groups is 1. The van der Waals surface area contributed by atoms with Gasteiger partial charge in [-0.2, -0.15) is 0 Å². The number of aliphatic imine (C=N–C) groups is 1. The average molecular weight is 279 g/mol. The molecular formula is C13H17N3O2S. The third-order valence-corrected chi connectivity index (χ3v) is 2.99. The summed E-state index contributed by atoms with van der Waals surface area (Å²) in [5.74, 6) is 0.517. The number of nitrogens with zero attached hydrogens (tertiary/aromatic N) is 1. The van der Waals surface area contributed by atoms with Gasteiger partial charge < -0.3 is 10.1 Å². The maximum Gasteiger partial charge on any atom is 0.231 e. The zero-order valence-corrected chi connectivity index (χ0v) is 12.0. The van der Waals surface area contributed by atoms with E-state index < -0.39 is 0 Å². The number of ether oxygens (including phenoxy) is 1. The first kappa shape index (κ1) is 15.2. The van der Waals surface area contributed by atoms with Crippen LogP contribution < -0.4 is 10.1 Å². The van der Waals surface area contributed by atoms with Crippen LogP contribution in [0.25, 0.3) is 0 Å². The molecule has 0 aliphatic rings. The van der Waals surface area contributed by atoms with Crippen molar-refractivity contribution in [3.8, 4) is 5.75 Å². The van der Waals surface area contributed by atoms with Crippen molar-refractivity contribution in [3.63, 3.8) is 0 Å². The van der Waals surface area contributed by atoms with Crippen molar-refractivity contribution in [2.24, 2.45) is 4.99 Å². The van der Waals surface area contributed by atoms with Crippen molar-refractivity contribution in [1.29, 1.82) is 5.41 Å². The van der Waals surface area contributed by atoms with Gasteiger partial charge in [-0.25, -0.2) is 0 Å². The molecular weight excluding hydrogens is 262 g/mol. The molecule has 0 fully saturated rings. The highest BCUT2D eigenvalue weighted by Crippen LogP contribution is 2.13. The van der Waals surface area contributed by atoms with Crippen molar-refractivity contribution in [2.45, 2.75) is 6.42 Å². The first-order valence-corrected chi connectivity index (χ1v) is 6.85. The van der Waals surface area contributed by atoms with E-state index in [1.807, 2.05) is 24.3 Å². The topological polar surface area (TPSA) is 74.5 Å². The highest BCUT2D eigenvalue weighted by Gasteiger charge is 2.10. The summed E-state index contributed by atoms with van der Waals surface area (Å²) in [6.45, 7) is 0. The van der Waals surface area contributed by atoms with Crippen LogP contribution in [0.15, 0.2) is 29.3 Å². The maximum atomic E-state index is 11.7. The normalized spacial score (nSPS) is 11.0. The predicted molar refractivity (Wildman–Crippen MR) is 79.5 cm³/mol. The van der Waals surface area contributed by atoms with Gasteiger partial charge in [0.1, 0.15) is 5.75 Å². The van der Waals surface area contributed by atoms with E-state index in [9.17, 15) is 4.79 Å². The van der Waals surface area contributed by atoms with E-state index in [1.165, 1.54) is 11.8 Å². The van der Waals surface area contributed by atoms with E-state index >= 15 is 0 Å². The number of carbonyl (C=O) groups excluding carboxylic acids is 1. The fraction of sp³-hybridized carbons (Fsp3) is 0.308. The second-order valence-electron chi connectivity index (χ2n) is 3.66. The van der Waals surface area contributed by atoms with Gasteiger partial charge in [-0.1, -0.05) is 11.8 Å². The van der Waals surface area contributed by atoms with Crippen molar-refractivity contribution < 1.29 is 9.53 Å². The summed E-state index contributed by atoms with van der Waals surface area (Å²) in [6, 6.07) is 7.35. The van der Waals surface area contributed by atoms with Gasteiger partial charge in [-0.3, -0.25) is 15.2 Å². The number of carbonyl (C=O) groups is 1. The number of rotatable bonds is 4. The SMILES string of the molecule is CN=C(CC(=O)NC(=N)SC)c1ccc(OC)cc1. The van der Waals surface area contributed by atoms with Gasteiger partial charge in [-0.05, 0) is 36.1 Å². The smallest absolute Gasteiger partial charge is 0.231 e. The second-order valence-corrected chi connectivity index (χ2v) is 4.47. The third kappa shape index (κ3) is 4.75. The predicted octanol–water partition coefficient (Wildman–Crippen LogP) is 1.92. The Labute approximate surface area is 117 Å². The molecule has 2 N–H and O–H groups in total. The molecule has 1 aromatic carbocycles. The van der Waals surface area contributed by atoms with Crippen LogP contribution in [0.4, 0.5) is 0 Å². The van der Waals surface area contributed by atoms with E-state index in [0.717, 1.165) is 11.3 Å². The molecule has 0 aliphatic carbocycles. The number of nitrogens with one attached hydrogen (secondary N) is 2. The van der Waals surface area contributed by atoms with Crippen molar-refractivity contribution >= 4 is 28.5 Å². The third-order valence-electron chi connectivity index (χ3n) is 2.48. The molecule has 0 aliphatic heterocycles. The summed E-state index contributed by atoms with van der Waals surface area (Å²) in [6.07, 6.45) is 1.88. The fourth-order valence-corrected chi connectivity index (χ4v) is 1.68. The molecule has 0 atom stereocenters. The molecule has 0 unspecified atom stereocenters. The molecule has 0 bridgehead atoms. The van der Waals surface area contributed by atoms with Crippen LogP contribution in [0.3, 0.4) is 0 Å². The van der Waals surface area contributed by atoms with Gasteiger partial charge >= 0.3 is 0 Å². The molecule has 5 nitrogen and oxygen atoms in total. The number of benzene rings is 1. The molecule has 19 heavy (non-hydrogen) atoms. The number of methoxy groups -OCH3 is 1. The van der Waals surface area contributed by atoms with Crippen LogP contribution in [0.5, 0.6) is 5.75 Å². The first-order valence-electron chi connectivity index (χ1n) is 5.63. The molecule has 102 valence electrons. The maximum absolute atomic E-state index is 11.7. The molecule has 1 amide bonds. The van der Waals surface area contributed by atoms with Crippen LogP contribution in [-0.4, -0.2) is 37.2 Å². The minimum atomic E-state index is -0.240. The minimum Gasteiger partial charge on any atom is -0.497 e. The van der Waals surface area contributed by atoms with Gasteiger partial charge in [-0.15, -0.1) is 0 Å². The van der Waals surface area contributed by atoms with E-state index in [4.69, 9.17) is 10.1 Å². The van der Waals surface area contributed by atoms with Crippen LogP contribution in [0, 0.1) is 5.41 Å². The molecule has 0 saturated heterocycles. The Morgan fingerprint density at radius 3 is 2.53 bits per heavy atom. The van der Waals surface area contributed by atoms with Gasteiger partial charge in [0.15, 0.2) is 5.17 Å². The highest BCUT2D eigenvalue weighted by molar-refractivity contribution is 8.13. The Kier molecular flexibility index (Phi) is 6.08. The Morgan fingerprint density at radius 1 is 1.42 bits per heavy atom. The van der Waals surface area contributed by atoms with Crippen LogP contribution in [0.1, 0.15) is 12.0 Å². The van der Waals surface area contributed by atoms with E-state index in [0.29, 0.717) is 5.71 Å². The molecule has 6 heteroatoms. The van der Waals surface area contributed by atoms with Crippen LogP contribution >= 0.6 is 11.8 Å². The quantitative estimate of drug-likeness (QED) is 0.653. The van der Waals surface area contributed by atoms with Crippen LogP contribution in [0.2, 0.25) is 0 Å². The summed E-state index contributed by atoms with van der Waals surface area (Å²) >= 11 is 1.18. The van der Waals surface area contributed by atoms with E-state index in [2.05, 4.69) is 10.3 Å². The summed E-state index contributed by atoms with van der Waals surface area (Å²) in [7, 11) is 3.25. The van der Waals surface area contributed by atoms with Crippen molar-refractivity contribution in [2.75, 3.05) is 20.4 Å². The lowest BCUT2D eigenvalue weighted by atomic mass is 10.1. The standard InChI is InChI=1S/C13H17N3O2S/c1-15-11(8-12(17)16-13(14)19-3)9-4-6-10(18-2)7-5-9/h4-7H,8H2,1-3H3,(H2,14,16,17). The fourth-order valence-electron chi connectivity index (χ4n) is 1.47. The lowest BCUT2D eigenvalue weighted by Crippen LogP contribution is -2.29. The van der Waals surface area contributed by atoms with Gasteiger partial charge in [0.2, 0.25) is 5.91 Å².